The van der Waals surface area contributed by atoms with Crippen LogP contribution in [0.4, 0.5) is 4.79 Å². The molecule has 0 saturated carbocycles. The SMILES string of the molecule is O=C1NC(=O)C2(CCN(C(=O)[C@H]3CC(=O)N(Cc4ccccc4Cl)C3)CC2)N1. The molecule has 1 aromatic rings. The van der Waals surface area contributed by atoms with Crippen LogP contribution in [0.25, 0.3) is 0 Å². The van der Waals surface area contributed by atoms with Crippen LogP contribution < -0.4 is 10.6 Å². The minimum atomic E-state index is -0.907. The number of benzene rings is 1. The fraction of sp³-hybridized carbons (Fsp3) is 0.474. The van der Waals surface area contributed by atoms with Crippen LogP contribution >= 0.6 is 11.6 Å². The molecule has 9 heteroatoms. The van der Waals surface area contributed by atoms with Crippen molar-refractivity contribution in [2.24, 2.45) is 5.92 Å². The summed E-state index contributed by atoms with van der Waals surface area (Å²) in [4.78, 5) is 52.1. The van der Waals surface area contributed by atoms with Crippen LogP contribution in [-0.4, -0.2) is 58.7 Å². The van der Waals surface area contributed by atoms with Crippen molar-refractivity contribution in [2.45, 2.75) is 31.3 Å². The van der Waals surface area contributed by atoms with Gasteiger partial charge in [-0.2, -0.15) is 0 Å². The van der Waals surface area contributed by atoms with Crippen molar-refractivity contribution in [2.75, 3.05) is 19.6 Å². The first-order chi connectivity index (χ1) is 13.4. The molecule has 0 aromatic heterocycles. The van der Waals surface area contributed by atoms with E-state index in [1.165, 1.54) is 0 Å². The molecule has 3 aliphatic rings. The highest BCUT2D eigenvalue weighted by atomic mass is 35.5. The molecule has 1 spiro atoms. The maximum Gasteiger partial charge on any atom is 0.322 e. The number of imide groups is 1. The first kappa shape index (κ1) is 18.7. The lowest BCUT2D eigenvalue weighted by molar-refractivity contribution is -0.139. The second-order valence-electron chi connectivity index (χ2n) is 7.58. The van der Waals surface area contributed by atoms with E-state index in [1.807, 2.05) is 18.2 Å². The van der Waals surface area contributed by atoms with Gasteiger partial charge in [-0.1, -0.05) is 29.8 Å². The summed E-state index contributed by atoms with van der Waals surface area (Å²) in [5, 5.41) is 5.54. The Bertz CT molecular complexity index is 850. The van der Waals surface area contributed by atoms with Crippen molar-refractivity contribution < 1.29 is 19.2 Å². The Kier molecular flexibility index (Phi) is 4.74. The summed E-state index contributed by atoms with van der Waals surface area (Å²) in [7, 11) is 0. The smallest absolute Gasteiger partial charge is 0.322 e. The standard InChI is InChI=1S/C19H21ClN4O4/c20-14-4-2-1-3-12(14)10-24-11-13(9-15(24)25)16(26)23-7-5-19(6-8-23)17(27)21-18(28)22-19/h1-4,13H,5-11H2,(H2,21,22,27,28)/t13-/m0/s1. The third-order valence-corrected chi connectivity index (χ3v) is 6.19. The van der Waals surface area contributed by atoms with Gasteiger partial charge in [0.25, 0.3) is 5.91 Å². The number of likely N-dealkylation sites (tertiary alicyclic amines) is 2. The number of nitrogens with one attached hydrogen (secondary N) is 2. The molecule has 0 radical (unpaired) electrons. The third-order valence-electron chi connectivity index (χ3n) is 5.83. The van der Waals surface area contributed by atoms with Gasteiger partial charge in [-0.25, -0.2) is 4.79 Å². The topological polar surface area (TPSA) is 98.8 Å². The Balaban J connectivity index is 1.36. The number of amides is 5. The van der Waals surface area contributed by atoms with Crippen LogP contribution in [0.3, 0.4) is 0 Å². The molecule has 3 fully saturated rings. The molecule has 0 aliphatic carbocycles. The molecule has 4 rings (SSSR count). The zero-order valence-corrected chi connectivity index (χ0v) is 16.0. The van der Waals surface area contributed by atoms with Crippen LogP contribution in [0.15, 0.2) is 24.3 Å². The number of hydrogen-bond donors (Lipinski definition) is 2. The maximum atomic E-state index is 12.9. The molecule has 8 nitrogen and oxygen atoms in total. The van der Waals surface area contributed by atoms with Crippen molar-refractivity contribution >= 4 is 35.4 Å². The van der Waals surface area contributed by atoms with Gasteiger partial charge in [-0.15, -0.1) is 0 Å². The minimum absolute atomic E-state index is 0.0609. The van der Waals surface area contributed by atoms with Crippen LogP contribution in [0.2, 0.25) is 5.02 Å². The van der Waals surface area contributed by atoms with E-state index in [2.05, 4.69) is 10.6 Å². The summed E-state index contributed by atoms with van der Waals surface area (Å²) in [5.41, 5.74) is -0.0522. The zero-order valence-electron chi connectivity index (χ0n) is 15.2. The van der Waals surface area contributed by atoms with Crippen LogP contribution in [-0.2, 0) is 20.9 Å². The highest BCUT2D eigenvalue weighted by Crippen LogP contribution is 2.29. The van der Waals surface area contributed by atoms with Crippen molar-refractivity contribution in [3.05, 3.63) is 34.9 Å². The summed E-state index contributed by atoms with van der Waals surface area (Å²) >= 11 is 6.18. The van der Waals surface area contributed by atoms with Gasteiger partial charge >= 0.3 is 6.03 Å². The number of urea groups is 1. The molecule has 1 atom stereocenters. The van der Waals surface area contributed by atoms with E-state index in [9.17, 15) is 19.2 Å². The van der Waals surface area contributed by atoms with Crippen LogP contribution in [0, 0.1) is 5.92 Å². The number of nitrogens with zero attached hydrogens (tertiary/aromatic N) is 2. The van der Waals surface area contributed by atoms with Gasteiger partial charge in [0.1, 0.15) is 5.54 Å². The largest absolute Gasteiger partial charge is 0.342 e. The monoisotopic (exact) mass is 404 g/mol. The molecule has 3 saturated heterocycles. The van der Waals surface area contributed by atoms with Crippen molar-refractivity contribution in [3.63, 3.8) is 0 Å². The van der Waals surface area contributed by atoms with Crippen molar-refractivity contribution in [1.82, 2.24) is 20.4 Å². The molecule has 0 bridgehead atoms. The predicted octanol–water partition coefficient (Wildman–Crippen LogP) is 0.889. The molecule has 3 heterocycles. The third kappa shape index (κ3) is 3.32. The Labute approximate surface area is 167 Å². The average molecular weight is 405 g/mol. The second-order valence-corrected chi connectivity index (χ2v) is 7.99. The number of hydrogen-bond acceptors (Lipinski definition) is 4. The lowest BCUT2D eigenvalue weighted by Gasteiger charge is -2.37. The molecule has 148 valence electrons. The quantitative estimate of drug-likeness (QED) is 0.731. The fourth-order valence-electron chi connectivity index (χ4n) is 4.17. The minimum Gasteiger partial charge on any atom is -0.342 e. The van der Waals surface area contributed by atoms with E-state index in [4.69, 9.17) is 11.6 Å². The summed E-state index contributed by atoms with van der Waals surface area (Å²) in [6.07, 6.45) is 0.933. The van der Waals surface area contributed by atoms with Gasteiger partial charge in [0, 0.05) is 37.6 Å². The maximum absolute atomic E-state index is 12.9. The molecule has 3 aliphatic heterocycles. The van der Waals surface area contributed by atoms with E-state index in [0.29, 0.717) is 44.0 Å². The van der Waals surface area contributed by atoms with Gasteiger partial charge < -0.3 is 15.1 Å². The second kappa shape index (κ2) is 7.09. The number of carbonyl (C=O) groups is 4. The first-order valence-electron chi connectivity index (χ1n) is 9.31. The molecule has 0 unspecified atom stereocenters. The summed E-state index contributed by atoms with van der Waals surface area (Å²) in [6, 6.07) is 6.87. The molecule has 28 heavy (non-hydrogen) atoms. The first-order valence-corrected chi connectivity index (χ1v) is 9.69. The predicted molar refractivity (Wildman–Crippen MR) is 100 cm³/mol. The molecule has 1 aromatic carbocycles. The number of rotatable bonds is 3. The summed E-state index contributed by atoms with van der Waals surface area (Å²) in [5.74, 6) is -0.855. The van der Waals surface area contributed by atoms with Gasteiger partial charge in [0.2, 0.25) is 11.8 Å². The van der Waals surface area contributed by atoms with E-state index < -0.39 is 17.5 Å². The Morgan fingerprint density at radius 2 is 1.89 bits per heavy atom. The zero-order chi connectivity index (χ0) is 19.9. The highest BCUT2D eigenvalue weighted by molar-refractivity contribution is 6.31. The molecular weight excluding hydrogens is 384 g/mol. The fourth-order valence-corrected chi connectivity index (χ4v) is 4.37. The lowest BCUT2D eigenvalue weighted by atomic mass is 9.87. The molecule has 2 N–H and O–H groups in total. The van der Waals surface area contributed by atoms with Gasteiger partial charge in [-0.05, 0) is 24.5 Å². The van der Waals surface area contributed by atoms with Crippen molar-refractivity contribution in [3.8, 4) is 0 Å². The summed E-state index contributed by atoms with van der Waals surface area (Å²) in [6.45, 7) is 1.50. The van der Waals surface area contributed by atoms with Crippen molar-refractivity contribution in [1.29, 1.82) is 0 Å². The molecule has 5 amide bonds. The van der Waals surface area contributed by atoms with Gasteiger partial charge in [0.05, 0.1) is 5.92 Å². The Hall–Kier alpha value is -2.61. The van der Waals surface area contributed by atoms with Crippen LogP contribution in [0.5, 0.6) is 0 Å². The van der Waals surface area contributed by atoms with E-state index in [1.54, 1.807) is 15.9 Å². The Morgan fingerprint density at radius 1 is 1.18 bits per heavy atom. The summed E-state index contributed by atoms with van der Waals surface area (Å²) < 4.78 is 0. The van der Waals surface area contributed by atoms with E-state index >= 15 is 0 Å². The number of piperidine rings is 1. The van der Waals surface area contributed by atoms with Crippen LogP contribution in [0.1, 0.15) is 24.8 Å². The van der Waals surface area contributed by atoms with E-state index in [0.717, 1.165) is 5.56 Å². The van der Waals surface area contributed by atoms with Gasteiger partial charge in [-0.3, -0.25) is 19.7 Å². The number of carbonyl (C=O) groups excluding carboxylic acids is 4. The Morgan fingerprint density at radius 3 is 2.54 bits per heavy atom. The molecular formula is C19H21ClN4O4. The lowest BCUT2D eigenvalue weighted by Crippen LogP contribution is -2.56. The number of halogens is 1. The van der Waals surface area contributed by atoms with Gasteiger partial charge in [0.15, 0.2) is 0 Å². The highest BCUT2D eigenvalue weighted by Gasteiger charge is 2.49. The van der Waals surface area contributed by atoms with E-state index in [-0.39, 0.29) is 24.1 Å². The average Bonchev–Trinajstić information content (AvgIpc) is 3.16. The normalized spacial score (nSPS) is 23.9.